The van der Waals surface area contributed by atoms with Crippen LogP contribution >= 0.6 is 0 Å². The molecule has 1 fully saturated rings. The van der Waals surface area contributed by atoms with E-state index >= 15 is 0 Å². The third-order valence-electron chi connectivity index (χ3n) is 4.63. The highest BCUT2D eigenvalue weighted by molar-refractivity contribution is 5.36. The van der Waals surface area contributed by atoms with Gasteiger partial charge in [-0.25, -0.2) is 0 Å². The van der Waals surface area contributed by atoms with Gasteiger partial charge >= 0.3 is 0 Å². The molecule has 0 saturated heterocycles. The maximum absolute atomic E-state index is 6.02. The number of ether oxygens (including phenoxy) is 1. The second-order valence-corrected chi connectivity index (χ2v) is 6.42. The van der Waals surface area contributed by atoms with Crippen LogP contribution in [0.1, 0.15) is 56.6 Å². The highest BCUT2D eigenvalue weighted by Crippen LogP contribution is 2.28. The Kier molecular flexibility index (Phi) is 5.47. The molecule has 1 aromatic carbocycles. The minimum Gasteiger partial charge on any atom is -0.492 e. The lowest BCUT2D eigenvalue weighted by molar-refractivity contribution is 0.224. The molecule has 1 aliphatic rings. The van der Waals surface area contributed by atoms with Crippen LogP contribution in [0.2, 0.25) is 0 Å². The van der Waals surface area contributed by atoms with Gasteiger partial charge in [0.05, 0.1) is 0 Å². The largest absolute Gasteiger partial charge is 0.492 e. The van der Waals surface area contributed by atoms with Crippen molar-refractivity contribution in [2.24, 2.45) is 5.92 Å². The summed E-state index contributed by atoms with van der Waals surface area (Å²) in [4.78, 5) is 0. The normalized spacial score (nSPS) is 17.6. The number of likely N-dealkylation sites (N-methyl/N-ethyl adjacent to an activating group) is 1. The SMILES string of the molecule is CNC(COc1ccc(C(C)C)c(C)c1)C1CCCC1. The molecular weight excluding hydrogens is 246 g/mol. The molecule has 0 aromatic heterocycles. The van der Waals surface area contributed by atoms with Gasteiger partial charge in [0.25, 0.3) is 0 Å². The fourth-order valence-electron chi connectivity index (χ4n) is 3.39. The highest BCUT2D eigenvalue weighted by Gasteiger charge is 2.24. The Bertz CT molecular complexity index is 421. The molecule has 2 nitrogen and oxygen atoms in total. The zero-order chi connectivity index (χ0) is 14.5. The molecule has 0 heterocycles. The third-order valence-corrected chi connectivity index (χ3v) is 4.63. The van der Waals surface area contributed by atoms with Gasteiger partial charge in [0, 0.05) is 6.04 Å². The van der Waals surface area contributed by atoms with Crippen molar-refractivity contribution in [3.8, 4) is 5.75 Å². The van der Waals surface area contributed by atoms with Gasteiger partial charge < -0.3 is 10.1 Å². The Morgan fingerprint density at radius 1 is 1.25 bits per heavy atom. The van der Waals surface area contributed by atoms with Crippen molar-refractivity contribution >= 4 is 0 Å². The molecule has 1 aliphatic carbocycles. The Labute approximate surface area is 123 Å². The van der Waals surface area contributed by atoms with Crippen LogP contribution < -0.4 is 10.1 Å². The first-order chi connectivity index (χ1) is 9.61. The van der Waals surface area contributed by atoms with Crippen LogP contribution in [0.5, 0.6) is 5.75 Å². The summed E-state index contributed by atoms with van der Waals surface area (Å²) in [5.74, 6) is 2.37. The van der Waals surface area contributed by atoms with Gasteiger partial charge in [-0.15, -0.1) is 0 Å². The first-order valence-electron chi connectivity index (χ1n) is 8.02. The topological polar surface area (TPSA) is 21.3 Å². The highest BCUT2D eigenvalue weighted by atomic mass is 16.5. The van der Waals surface area contributed by atoms with Crippen LogP contribution in [0.15, 0.2) is 18.2 Å². The van der Waals surface area contributed by atoms with E-state index in [1.54, 1.807) is 0 Å². The lowest BCUT2D eigenvalue weighted by atomic mass is 9.98. The van der Waals surface area contributed by atoms with Crippen LogP contribution in [0.4, 0.5) is 0 Å². The van der Waals surface area contributed by atoms with E-state index in [0.29, 0.717) is 12.0 Å². The van der Waals surface area contributed by atoms with Crippen molar-refractivity contribution < 1.29 is 4.74 Å². The number of nitrogens with one attached hydrogen (secondary N) is 1. The summed E-state index contributed by atoms with van der Waals surface area (Å²) in [5, 5.41) is 3.43. The van der Waals surface area contributed by atoms with Crippen LogP contribution in [-0.2, 0) is 0 Å². The van der Waals surface area contributed by atoms with E-state index in [4.69, 9.17) is 4.74 Å². The predicted octanol–water partition coefficient (Wildman–Crippen LogP) is 4.28. The van der Waals surface area contributed by atoms with Crippen molar-refractivity contribution in [1.29, 1.82) is 0 Å². The molecule has 0 amide bonds. The Morgan fingerprint density at radius 3 is 2.50 bits per heavy atom. The summed E-state index contributed by atoms with van der Waals surface area (Å²) < 4.78 is 6.02. The monoisotopic (exact) mass is 275 g/mol. The molecule has 0 radical (unpaired) electrons. The fourth-order valence-corrected chi connectivity index (χ4v) is 3.39. The minimum atomic E-state index is 0.489. The van der Waals surface area contributed by atoms with Gasteiger partial charge in [-0.3, -0.25) is 0 Å². The van der Waals surface area contributed by atoms with E-state index in [1.165, 1.54) is 36.8 Å². The summed E-state index contributed by atoms with van der Waals surface area (Å²) >= 11 is 0. The molecule has 0 aliphatic heterocycles. The summed E-state index contributed by atoms with van der Waals surface area (Å²) in [6.07, 6.45) is 5.45. The summed E-state index contributed by atoms with van der Waals surface area (Å²) in [6.45, 7) is 7.43. The quantitative estimate of drug-likeness (QED) is 0.837. The number of hydrogen-bond donors (Lipinski definition) is 1. The van der Waals surface area contributed by atoms with E-state index in [1.807, 2.05) is 0 Å². The fraction of sp³-hybridized carbons (Fsp3) is 0.667. The van der Waals surface area contributed by atoms with Gasteiger partial charge in [0.2, 0.25) is 0 Å². The van der Waals surface area contributed by atoms with E-state index in [0.717, 1.165) is 18.3 Å². The Hall–Kier alpha value is -1.02. The molecule has 2 heteroatoms. The molecule has 112 valence electrons. The first-order valence-corrected chi connectivity index (χ1v) is 8.02. The van der Waals surface area contributed by atoms with E-state index in [2.05, 4.69) is 51.3 Å². The maximum atomic E-state index is 6.02. The van der Waals surface area contributed by atoms with Crippen molar-refractivity contribution in [2.45, 2.75) is 58.4 Å². The second kappa shape index (κ2) is 7.12. The lowest BCUT2D eigenvalue weighted by Crippen LogP contribution is -2.37. The predicted molar refractivity (Wildman–Crippen MR) is 85.6 cm³/mol. The average molecular weight is 275 g/mol. The summed E-state index contributed by atoms with van der Waals surface area (Å²) in [6, 6.07) is 6.99. The van der Waals surface area contributed by atoms with E-state index < -0.39 is 0 Å². The molecule has 1 aromatic rings. The molecule has 0 spiro atoms. The van der Waals surface area contributed by atoms with Gasteiger partial charge in [-0.2, -0.15) is 0 Å². The van der Waals surface area contributed by atoms with Crippen LogP contribution in [0.25, 0.3) is 0 Å². The van der Waals surface area contributed by atoms with Crippen molar-refractivity contribution in [3.05, 3.63) is 29.3 Å². The third kappa shape index (κ3) is 3.76. The molecule has 0 bridgehead atoms. The van der Waals surface area contributed by atoms with Gasteiger partial charge in [0.1, 0.15) is 12.4 Å². The molecule has 1 N–H and O–H groups in total. The first kappa shape index (κ1) is 15.4. The van der Waals surface area contributed by atoms with Gasteiger partial charge in [-0.1, -0.05) is 32.8 Å². The molecule has 1 unspecified atom stereocenters. The second-order valence-electron chi connectivity index (χ2n) is 6.42. The number of hydrogen-bond acceptors (Lipinski definition) is 2. The van der Waals surface area contributed by atoms with Gasteiger partial charge in [-0.05, 0) is 61.9 Å². The summed E-state index contributed by atoms with van der Waals surface area (Å²) in [7, 11) is 2.06. The van der Waals surface area contributed by atoms with Crippen LogP contribution in [-0.4, -0.2) is 19.7 Å². The van der Waals surface area contributed by atoms with E-state index in [-0.39, 0.29) is 0 Å². The van der Waals surface area contributed by atoms with Crippen molar-refractivity contribution in [3.63, 3.8) is 0 Å². The molecular formula is C18H29NO. The smallest absolute Gasteiger partial charge is 0.119 e. The van der Waals surface area contributed by atoms with E-state index in [9.17, 15) is 0 Å². The number of benzene rings is 1. The molecule has 2 rings (SSSR count). The maximum Gasteiger partial charge on any atom is 0.119 e. The Balaban J connectivity index is 1.94. The van der Waals surface area contributed by atoms with Gasteiger partial charge in [0.15, 0.2) is 0 Å². The zero-order valence-corrected chi connectivity index (χ0v) is 13.4. The summed E-state index contributed by atoms with van der Waals surface area (Å²) in [5.41, 5.74) is 2.75. The standard InChI is InChI=1S/C18H29NO/c1-13(2)17-10-9-16(11-14(17)3)20-12-18(19-4)15-7-5-6-8-15/h9-11,13,15,18-19H,5-8,12H2,1-4H3. The number of rotatable bonds is 6. The van der Waals surface area contributed by atoms with Crippen molar-refractivity contribution in [2.75, 3.05) is 13.7 Å². The average Bonchev–Trinajstić information content (AvgIpc) is 2.93. The lowest BCUT2D eigenvalue weighted by Gasteiger charge is -2.23. The molecule has 1 saturated carbocycles. The number of aryl methyl sites for hydroxylation is 1. The molecule has 1 atom stereocenters. The Morgan fingerprint density at radius 2 is 1.95 bits per heavy atom. The van der Waals surface area contributed by atoms with Crippen LogP contribution in [0.3, 0.4) is 0 Å². The molecule has 20 heavy (non-hydrogen) atoms. The zero-order valence-electron chi connectivity index (χ0n) is 13.4. The van der Waals surface area contributed by atoms with Crippen LogP contribution in [0, 0.1) is 12.8 Å². The minimum absolute atomic E-state index is 0.489. The van der Waals surface area contributed by atoms with Crippen molar-refractivity contribution in [1.82, 2.24) is 5.32 Å².